The number of thiazole rings is 1. The molecule has 3 aromatic rings. The second kappa shape index (κ2) is 8.41. The van der Waals surface area contributed by atoms with E-state index >= 15 is 4.39 Å². The van der Waals surface area contributed by atoms with E-state index in [0.717, 1.165) is 25.7 Å². The molecule has 164 valence electrons. The van der Waals surface area contributed by atoms with E-state index in [4.69, 9.17) is 5.26 Å². The zero-order chi connectivity index (χ0) is 22.2. The van der Waals surface area contributed by atoms with Crippen LogP contribution in [-0.4, -0.2) is 56.6 Å². The first-order chi connectivity index (χ1) is 15.5. The minimum Gasteiger partial charge on any atom is -0.507 e. The van der Waals surface area contributed by atoms with Crippen molar-refractivity contribution in [3.8, 4) is 33.8 Å². The highest BCUT2D eigenvalue weighted by atomic mass is 32.1. The minimum atomic E-state index is -0.970. The van der Waals surface area contributed by atoms with Crippen molar-refractivity contribution in [2.75, 3.05) is 11.9 Å². The third-order valence-corrected chi connectivity index (χ3v) is 7.26. The van der Waals surface area contributed by atoms with Crippen molar-refractivity contribution in [1.29, 1.82) is 5.26 Å². The highest BCUT2D eigenvalue weighted by molar-refractivity contribution is 7.15. The van der Waals surface area contributed by atoms with Gasteiger partial charge >= 0.3 is 0 Å². The maximum absolute atomic E-state index is 15.0. The van der Waals surface area contributed by atoms with Crippen LogP contribution in [0.3, 0.4) is 0 Å². The van der Waals surface area contributed by atoms with Gasteiger partial charge in [0.2, 0.25) is 0 Å². The Morgan fingerprint density at radius 3 is 2.84 bits per heavy atom. The third kappa shape index (κ3) is 3.78. The van der Waals surface area contributed by atoms with Crippen LogP contribution in [0.2, 0.25) is 0 Å². The molecule has 2 aliphatic rings. The molecule has 2 aliphatic heterocycles. The van der Waals surface area contributed by atoms with E-state index in [2.05, 4.69) is 31.6 Å². The second-order valence-electron chi connectivity index (χ2n) is 8.27. The van der Waals surface area contributed by atoms with Crippen LogP contribution in [-0.2, 0) is 0 Å². The van der Waals surface area contributed by atoms with Crippen LogP contribution >= 0.6 is 11.3 Å². The fraction of sp³-hybridized carbons (Fsp3) is 0.409. The van der Waals surface area contributed by atoms with Crippen LogP contribution in [0, 0.1) is 11.3 Å². The first kappa shape index (κ1) is 20.7. The number of rotatable bonds is 4. The van der Waals surface area contributed by atoms with Gasteiger partial charge in [-0.3, -0.25) is 0 Å². The van der Waals surface area contributed by atoms with Crippen LogP contribution in [0.15, 0.2) is 30.6 Å². The van der Waals surface area contributed by atoms with Gasteiger partial charge in [-0.05, 0) is 31.4 Å². The lowest BCUT2D eigenvalue weighted by atomic mass is 9.82. The average molecular weight is 452 g/mol. The number of nitrogens with zero attached hydrogens (tertiary/aromatic N) is 6. The number of halogens is 1. The minimum absolute atomic E-state index is 0.00545. The third-order valence-electron chi connectivity index (χ3n) is 6.31. The zero-order valence-electron chi connectivity index (χ0n) is 17.4. The van der Waals surface area contributed by atoms with Gasteiger partial charge in [0, 0.05) is 24.7 Å². The number of phenolic OH excluding ortho intramolecular Hbond substituents is 1. The molecule has 4 heterocycles. The Morgan fingerprint density at radius 1 is 1.25 bits per heavy atom. The molecular weight excluding hydrogens is 429 g/mol. The molecule has 0 amide bonds. The summed E-state index contributed by atoms with van der Waals surface area (Å²) in [4.78, 5) is 10.9. The number of hydrogen-bond donors (Lipinski definition) is 2. The fourth-order valence-electron chi connectivity index (χ4n) is 4.59. The summed E-state index contributed by atoms with van der Waals surface area (Å²) in [7, 11) is 1.83. The topological polar surface area (TPSA) is 111 Å². The van der Waals surface area contributed by atoms with E-state index in [1.165, 1.54) is 17.5 Å². The maximum atomic E-state index is 15.0. The number of nitriles is 1. The van der Waals surface area contributed by atoms with E-state index in [0.29, 0.717) is 32.9 Å². The number of aromatic hydroxyl groups is 1. The number of anilines is 1. The highest BCUT2D eigenvalue weighted by Crippen LogP contribution is 2.34. The summed E-state index contributed by atoms with van der Waals surface area (Å²) in [5.41, 5.74) is 1.14. The van der Waals surface area contributed by atoms with Gasteiger partial charge in [-0.15, -0.1) is 21.5 Å². The maximum Gasteiger partial charge on any atom is 0.185 e. The molecule has 4 atom stereocenters. The zero-order valence-corrected chi connectivity index (χ0v) is 18.3. The van der Waals surface area contributed by atoms with E-state index in [1.807, 2.05) is 11.9 Å². The summed E-state index contributed by atoms with van der Waals surface area (Å²) in [6.07, 6.45) is 5.83. The van der Waals surface area contributed by atoms with Gasteiger partial charge in [0.15, 0.2) is 11.6 Å². The molecular formula is C22H22FN7OS. The number of alkyl halides is 1. The normalized spacial score (nSPS) is 24.7. The number of benzene rings is 1. The molecule has 1 aromatic carbocycles. The summed E-state index contributed by atoms with van der Waals surface area (Å²) in [6.45, 7) is 0. The van der Waals surface area contributed by atoms with E-state index in [1.54, 1.807) is 24.4 Å². The molecule has 5 rings (SSSR count). The summed E-state index contributed by atoms with van der Waals surface area (Å²) < 4.78 is 15.0. The molecule has 10 heteroatoms. The van der Waals surface area contributed by atoms with Gasteiger partial charge < -0.3 is 15.3 Å². The number of aromatic nitrogens is 4. The van der Waals surface area contributed by atoms with Gasteiger partial charge in [-0.2, -0.15) is 5.26 Å². The van der Waals surface area contributed by atoms with Gasteiger partial charge in [-0.25, -0.2) is 14.4 Å². The van der Waals surface area contributed by atoms with Gasteiger partial charge in [0.05, 0.1) is 24.0 Å². The Kier molecular flexibility index (Phi) is 5.45. The summed E-state index contributed by atoms with van der Waals surface area (Å²) >= 11 is 1.25. The Labute approximate surface area is 188 Å². The molecule has 2 aromatic heterocycles. The van der Waals surface area contributed by atoms with Crippen molar-refractivity contribution < 1.29 is 9.50 Å². The molecule has 2 fully saturated rings. The number of hydrogen-bond acceptors (Lipinski definition) is 9. The molecule has 8 nitrogen and oxygen atoms in total. The molecule has 0 radical (unpaired) electrons. The first-order valence-corrected chi connectivity index (χ1v) is 11.4. The van der Waals surface area contributed by atoms with Crippen molar-refractivity contribution in [2.24, 2.45) is 0 Å². The molecule has 0 spiro atoms. The first-order valence-electron chi connectivity index (χ1n) is 10.6. The molecule has 2 bridgehead atoms. The smallest absolute Gasteiger partial charge is 0.185 e. The van der Waals surface area contributed by atoms with E-state index < -0.39 is 6.17 Å². The SMILES string of the molecule is CN(c1cnc(-c2ccc(-c3ncc(C#N)s3)cc2O)nn1)[C@@H]1C[C@@H]2CCC[C@@H](N2)[C@@H]1F. The van der Waals surface area contributed by atoms with Gasteiger partial charge in [0.25, 0.3) is 0 Å². The predicted molar refractivity (Wildman–Crippen MR) is 119 cm³/mol. The molecule has 0 unspecified atom stereocenters. The standard InChI is InChI=1S/C22H22FN7OS/c1-30(17-8-13-3-2-4-16(27-13)20(17)23)19-11-25-21(29-28-19)15-6-5-12(7-18(15)31)22-26-10-14(9-24)32-22/h5-7,10-11,13,16-17,20,27,31H,2-4,8H2,1H3/t13-,16+,17+,20-/m0/s1. The average Bonchev–Trinajstić information content (AvgIpc) is 3.31. The Bertz CT molecular complexity index is 1160. The largest absolute Gasteiger partial charge is 0.507 e. The number of phenols is 1. The summed E-state index contributed by atoms with van der Waals surface area (Å²) in [5, 5.41) is 32.0. The summed E-state index contributed by atoms with van der Waals surface area (Å²) in [5.74, 6) is 0.778. The highest BCUT2D eigenvalue weighted by Gasteiger charge is 2.42. The monoisotopic (exact) mass is 451 g/mol. The Hall–Kier alpha value is -3.16. The number of piperidine rings is 2. The molecule has 32 heavy (non-hydrogen) atoms. The van der Waals surface area contributed by atoms with Crippen LogP contribution in [0.4, 0.5) is 10.2 Å². The van der Waals surface area contributed by atoms with Crippen molar-refractivity contribution in [3.63, 3.8) is 0 Å². The van der Waals surface area contributed by atoms with Crippen LogP contribution < -0.4 is 10.2 Å². The van der Waals surface area contributed by atoms with Crippen molar-refractivity contribution >= 4 is 17.2 Å². The second-order valence-corrected chi connectivity index (χ2v) is 9.30. The molecule has 0 aliphatic carbocycles. The lowest BCUT2D eigenvalue weighted by molar-refractivity contribution is 0.107. The van der Waals surface area contributed by atoms with Crippen molar-refractivity contribution in [3.05, 3.63) is 35.5 Å². The molecule has 2 N–H and O–H groups in total. The molecule has 2 saturated heterocycles. The molecule has 0 saturated carbocycles. The van der Waals surface area contributed by atoms with E-state index in [-0.39, 0.29) is 23.7 Å². The fourth-order valence-corrected chi connectivity index (χ4v) is 5.30. The van der Waals surface area contributed by atoms with Crippen LogP contribution in [0.1, 0.15) is 30.6 Å². The lowest BCUT2D eigenvalue weighted by Crippen LogP contribution is -2.61. The quantitative estimate of drug-likeness (QED) is 0.622. The Balaban J connectivity index is 1.35. The number of fused-ring (bicyclic) bond motifs is 2. The van der Waals surface area contributed by atoms with E-state index in [9.17, 15) is 5.11 Å². The lowest BCUT2D eigenvalue weighted by Gasteiger charge is -2.45. The Morgan fingerprint density at radius 2 is 2.12 bits per heavy atom. The van der Waals surface area contributed by atoms with Crippen LogP contribution in [0.25, 0.3) is 22.0 Å². The van der Waals surface area contributed by atoms with Crippen LogP contribution in [0.5, 0.6) is 5.75 Å². The van der Waals surface area contributed by atoms with Crippen molar-refractivity contribution in [2.45, 2.75) is 50.0 Å². The van der Waals surface area contributed by atoms with Gasteiger partial charge in [-0.1, -0.05) is 12.5 Å². The number of nitrogens with one attached hydrogen (secondary N) is 1. The van der Waals surface area contributed by atoms with Gasteiger partial charge in [0.1, 0.15) is 27.9 Å². The summed E-state index contributed by atoms with van der Waals surface area (Å²) in [6, 6.07) is 7.08. The predicted octanol–water partition coefficient (Wildman–Crippen LogP) is 3.30. The van der Waals surface area contributed by atoms with Crippen molar-refractivity contribution in [1.82, 2.24) is 25.5 Å².